The Hall–Kier alpha value is -1.20. The SMILES string of the molecule is CCNc1cc(C)nc(CCOCCOC)n1. The number of hydrogen-bond donors (Lipinski definition) is 1. The maximum absolute atomic E-state index is 5.39. The molecule has 1 aromatic heterocycles. The molecule has 1 rings (SSSR count). The van der Waals surface area contributed by atoms with Gasteiger partial charge in [0.25, 0.3) is 0 Å². The normalized spacial score (nSPS) is 10.5. The highest BCUT2D eigenvalue weighted by molar-refractivity contribution is 5.35. The summed E-state index contributed by atoms with van der Waals surface area (Å²) in [5.74, 6) is 1.70. The smallest absolute Gasteiger partial charge is 0.133 e. The van der Waals surface area contributed by atoms with Crippen LogP contribution < -0.4 is 5.32 Å². The van der Waals surface area contributed by atoms with Gasteiger partial charge in [0, 0.05) is 31.8 Å². The molecule has 5 heteroatoms. The molecule has 0 aromatic carbocycles. The second-order valence-electron chi connectivity index (χ2n) is 3.70. The maximum atomic E-state index is 5.39. The quantitative estimate of drug-likeness (QED) is 0.695. The van der Waals surface area contributed by atoms with Crippen LogP contribution in [-0.2, 0) is 15.9 Å². The average molecular weight is 239 g/mol. The van der Waals surface area contributed by atoms with Crippen molar-refractivity contribution in [2.24, 2.45) is 0 Å². The first-order valence-corrected chi connectivity index (χ1v) is 5.91. The van der Waals surface area contributed by atoms with Crippen molar-refractivity contribution in [1.82, 2.24) is 9.97 Å². The number of anilines is 1. The van der Waals surface area contributed by atoms with Crippen molar-refractivity contribution >= 4 is 5.82 Å². The molecule has 0 aliphatic carbocycles. The summed E-state index contributed by atoms with van der Waals surface area (Å²) >= 11 is 0. The van der Waals surface area contributed by atoms with Gasteiger partial charge in [-0.15, -0.1) is 0 Å². The van der Waals surface area contributed by atoms with Gasteiger partial charge in [0.2, 0.25) is 0 Å². The van der Waals surface area contributed by atoms with Crippen LogP contribution in [0.5, 0.6) is 0 Å². The maximum Gasteiger partial charge on any atom is 0.133 e. The molecule has 96 valence electrons. The van der Waals surface area contributed by atoms with Crippen LogP contribution in [0.1, 0.15) is 18.4 Å². The van der Waals surface area contributed by atoms with Crippen molar-refractivity contribution in [3.05, 3.63) is 17.6 Å². The lowest BCUT2D eigenvalue weighted by Crippen LogP contribution is -2.09. The van der Waals surface area contributed by atoms with Crippen molar-refractivity contribution in [1.29, 1.82) is 0 Å². The Morgan fingerprint density at radius 2 is 2.06 bits per heavy atom. The van der Waals surface area contributed by atoms with E-state index in [0.29, 0.717) is 19.8 Å². The molecule has 0 fully saturated rings. The van der Waals surface area contributed by atoms with E-state index in [0.717, 1.165) is 30.3 Å². The van der Waals surface area contributed by atoms with E-state index in [2.05, 4.69) is 15.3 Å². The lowest BCUT2D eigenvalue weighted by molar-refractivity contribution is 0.0716. The Morgan fingerprint density at radius 1 is 1.24 bits per heavy atom. The summed E-state index contributed by atoms with van der Waals surface area (Å²) in [6.45, 7) is 6.74. The number of nitrogens with zero attached hydrogens (tertiary/aromatic N) is 2. The summed E-state index contributed by atoms with van der Waals surface area (Å²) in [6.07, 6.45) is 0.726. The molecule has 0 aliphatic heterocycles. The molecule has 0 atom stereocenters. The highest BCUT2D eigenvalue weighted by Crippen LogP contribution is 2.06. The third kappa shape index (κ3) is 5.60. The van der Waals surface area contributed by atoms with Gasteiger partial charge in [-0.2, -0.15) is 0 Å². The molecule has 0 aliphatic rings. The first kappa shape index (κ1) is 13.9. The van der Waals surface area contributed by atoms with Gasteiger partial charge in [0.1, 0.15) is 11.6 Å². The summed E-state index contributed by atoms with van der Waals surface area (Å²) < 4.78 is 10.3. The van der Waals surface area contributed by atoms with E-state index in [9.17, 15) is 0 Å². The zero-order chi connectivity index (χ0) is 12.5. The molecule has 1 aromatic rings. The minimum absolute atomic E-state index is 0.613. The van der Waals surface area contributed by atoms with Gasteiger partial charge in [0.15, 0.2) is 0 Å². The van der Waals surface area contributed by atoms with Gasteiger partial charge in [-0.1, -0.05) is 0 Å². The van der Waals surface area contributed by atoms with Crippen molar-refractivity contribution in [2.75, 3.05) is 38.8 Å². The van der Waals surface area contributed by atoms with Gasteiger partial charge in [0.05, 0.1) is 19.8 Å². The number of aromatic nitrogens is 2. The molecule has 0 amide bonds. The lowest BCUT2D eigenvalue weighted by atomic mass is 10.3. The van der Waals surface area contributed by atoms with Crippen LogP contribution in [0.25, 0.3) is 0 Å². The molecule has 0 bridgehead atoms. The van der Waals surface area contributed by atoms with Crippen LogP contribution in [0.15, 0.2) is 6.07 Å². The monoisotopic (exact) mass is 239 g/mol. The fourth-order valence-corrected chi connectivity index (χ4v) is 1.42. The topological polar surface area (TPSA) is 56.3 Å². The molecule has 0 radical (unpaired) electrons. The van der Waals surface area contributed by atoms with E-state index in [4.69, 9.17) is 9.47 Å². The summed E-state index contributed by atoms with van der Waals surface area (Å²) in [5, 5.41) is 3.19. The lowest BCUT2D eigenvalue weighted by Gasteiger charge is -2.07. The third-order valence-corrected chi connectivity index (χ3v) is 2.16. The number of aryl methyl sites for hydroxylation is 1. The fourth-order valence-electron chi connectivity index (χ4n) is 1.42. The Kier molecular flexibility index (Phi) is 6.50. The largest absolute Gasteiger partial charge is 0.382 e. The highest BCUT2D eigenvalue weighted by atomic mass is 16.5. The zero-order valence-electron chi connectivity index (χ0n) is 10.8. The van der Waals surface area contributed by atoms with Crippen molar-refractivity contribution in [3.63, 3.8) is 0 Å². The van der Waals surface area contributed by atoms with Crippen molar-refractivity contribution < 1.29 is 9.47 Å². The Labute approximate surface area is 103 Å². The van der Waals surface area contributed by atoms with Crippen LogP contribution in [0, 0.1) is 6.92 Å². The van der Waals surface area contributed by atoms with E-state index >= 15 is 0 Å². The Morgan fingerprint density at radius 3 is 2.76 bits per heavy atom. The summed E-state index contributed by atoms with van der Waals surface area (Å²) in [7, 11) is 1.66. The number of hydrogen-bond acceptors (Lipinski definition) is 5. The van der Waals surface area contributed by atoms with E-state index in [1.807, 2.05) is 19.9 Å². The van der Waals surface area contributed by atoms with E-state index in [1.54, 1.807) is 7.11 Å². The molecular weight excluding hydrogens is 218 g/mol. The molecular formula is C12H21N3O2. The number of nitrogens with one attached hydrogen (secondary N) is 1. The third-order valence-electron chi connectivity index (χ3n) is 2.16. The minimum atomic E-state index is 0.613. The summed E-state index contributed by atoms with van der Waals surface area (Å²) in [4.78, 5) is 8.78. The van der Waals surface area contributed by atoms with Crippen LogP contribution >= 0.6 is 0 Å². The summed E-state index contributed by atoms with van der Waals surface area (Å²) in [6, 6.07) is 1.94. The van der Waals surface area contributed by atoms with Gasteiger partial charge >= 0.3 is 0 Å². The number of ether oxygens (including phenoxy) is 2. The molecule has 17 heavy (non-hydrogen) atoms. The predicted molar refractivity (Wildman–Crippen MR) is 67.3 cm³/mol. The molecule has 0 saturated carbocycles. The first-order valence-electron chi connectivity index (χ1n) is 5.91. The van der Waals surface area contributed by atoms with Gasteiger partial charge in [-0.3, -0.25) is 0 Å². The first-order chi connectivity index (χ1) is 8.26. The molecule has 0 spiro atoms. The molecule has 1 heterocycles. The van der Waals surface area contributed by atoms with Crippen molar-refractivity contribution in [3.8, 4) is 0 Å². The number of methoxy groups -OCH3 is 1. The van der Waals surface area contributed by atoms with Crippen LogP contribution in [0.3, 0.4) is 0 Å². The van der Waals surface area contributed by atoms with E-state index in [-0.39, 0.29) is 0 Å². The van der Waals surface area contributed by atoms with Crippen LogP contribution in [-0.4, -0.2) is 43.4 Å². The van der Waals surface area contributed by atoms with Gasteiger partial charge in [-0.25, -0.2) is 9.97 Å². The Bertz CT molecular complexity index is 332. The van der Waals surface area contributed by atoms with Gasteiger partial charge < -0.3 is 14.8 Å². The van der Waals surface area contributed by atoms with Crippen molar-refractivity contribution in [2.45, 2.75) is 20.3 Å². The van der Waals surface area contributed by atoms with Crippen LogP contribution in [0.4, 0.5) is 5.82 Å². The molecule has 0 unspecified atom stereocenters. The fraction of sp³-hybridized carbons (Fsp3) is 0.667. The second-order valence-corrected chi connectivity index (χ2v) is 3.70. The summed E-state index contributed by atoms with van der Waals surface area (Å²) in [5.41, 5.74) is 0.975. The zero-order valence-corrected chi connectivity index (χ0v) is 10.8. The Balaban J connectivity index is 2.41. The second kappa shape index (κ2) is 7.97. The number of rotatable bonds is 8. The van der Waals surface area contributed by atoms with Crippen LogP contribution in [0.2, 0.25) is 0 Å². The molecule has 5 nitrogen and oxygen atoms in total. The molecule has 0 saturated heterocycles. The highest BCUT2D eigenvalue weighted by Gasteiger charge is 2.01. The standard InChI is InChI=1S/C12H21N3O2/c1-4-13-12-9-10(2)14-11(15-12)5-6-17-8-7-16-3/h9H,4-8H2,1-3H3,(H,13,14,15). The average Bonchev–Trinajstić information content (AvgIpc) is 2.28. The minimum Gasteiger partial charge on any atom is -0.382 e. The predicted octanol–water partition coefficient (Wildman–Crippen LogP) is 1.42. The van der Waals surface area contributed by atoms with E-state index < -0.39 is 0 Å². The van der Waals surface area contributed by atoms with E-state index in [1.165, 1.54) is 0 Å². The molecule has 1 N–H and O–H groups in total. The van der Waals surface area contributed by atoms with Gasteiger partial charge in [-0.05, 0) is 13.8 Å².